The fourth-order valence-electron chi connectivity index (χ4n) is 3.58. The number of rotatable bonds is 4. The van der Waals surface area contributed by atoms with Gasteiger partial charge in [-0.25, -0.2) is 14.0 Å². The van der Waals surface area contributed by atoms with E-state index in [2.05, 4.69) is 0 Å². The van der Waals surface area contributed by atoms with E-state index < -0.39 is 23.7 Å². The van der Waals surface area contributed by atoms with Crippen LogP contribution in [0, 0.1) is 24.1 Å². The normalized spacial score (nSPS) is 16.0. The number of nitriles is 1. The number of anilines is 1. The Balaban J connectivity index is 2.46. The molecule has 1 aliphatic rings. The summed E-state index contributed by atoms with van der Waals surface area (Å²) in [6, 6.07) is 13.1. The van der Waals surface area contributed by atoms with Gasteiger partial charge in [0.25, 0.3) is 0 Å². The molecule has 2 aromatic rings. The van der Waals surface area contributed by atoms with Crippen molar-refractivity contribution in [1.29, 1.82) is 5.26 Å². The summed E-state index contributed by atoms with van der Waals surface area (Å²) in [6.07, 6.45) is 0. The predicted octanol–water partition coefficient (Wildman–Crippen LogP) is 3.69. The van der Waals surface area contributed by atoms with E-state index in [4.69, 9.17) is 26.8 Å². The maximum absolute atomic E-state index is 14.1. The fraction of sp³-hybridized carbons (Fsp3) is 0.174. The molecule has 1 atom stereocenters. The molecule has 7 nitrogen and oxygen atoms in total. The Morgan fingerprint density at radius 2 is 1.75 bits per heavy atom. The maximum atomic E-state index is 14.1. The van der Waals surface area contributed by atoms with Crippen LogP contribution in [-0.4, -0.2) is 26.2 Å². The van der Waals surface area contributed by atoms with Crippen LogP contribution in [0.1, 0.15) is 17.0 Å². The number of hydrogen-bond acceptors (Lipinski definition) is 7. The van der Waals surface area contributed by atoms with Crippen LogP contribution in [-0.2, 0) is 19.1 Å². The highest BCUT2D eigenvalue weighted by Gasteiger charge is 2.43. The first-order valence-electron chi connectivity index (χ1n) is 9.38. The number of esters is 2. The van der Waals surface area contributed by atoms with Gasteiger partial charge in [0.15, 0.2) is 0 Å². The summed E-state index contributed by atoms with van der Waals surface area (Å²) in [5.74, 6) is -3.50. The number of methoxy groups -OCH3 is 2. The standard InChI is InChI=1S/C23H19ClFN3O4/c1-12-15(25)9-10-16(19(12)24)28-20(23(30)32-3)18(22(29)31-2)17(14(11-26)21(28)27)13-7-5-4-6-8-13/h4-10,17H,27H2,1-3H3. The molecule has 0 aliphatic carbocycles. The van der Waals surface area contributed by atoms with Crippen molar-refractivity contribution in [2.75, 3.05) is 19.1 Å². The van der Waals surface area contributed by atoms with Crippen molar-refractivity contribution in [1.82, 2.24) is 0 Å². The van der Waals surface area contributed by atoms with Gasteiger partial charge < -0.3 is 15.2 Å². The van der Waals surface area contributed by atoms with E-state index in [1.807, 2.05) is 6.07 Å². The Bertz CT molecular complexity index is 1200. The molecule has 3 rings (SSSR count). The SMILES string of the molecule is COC(=O)C1=C(C(=O)OC)N(c2ccc(F)c(C)c2Cl)C(N)=C(C#N)C1c1ccccc1. The number of halogens is 2. The van der Waals surface area contributed by atoms with Crippen molar-refractivity contribution >= 4 is 29.2 Å². The molecule has 0 bridgehead atoms. The molecule has 2 aromatic carbocycles. The second-order valence-electron chi connectivity index (χ2n) is 6.84. The van der Waals surface area contributed by atoms with Crippen LogP contribution >= 0.6 is 11.6 Å². The van der Waals surface area contributed by atoms with Gasteiger partial charge in [-0.2, -0.15) is 5.26 Å². The van der Waals surface area contributed by atoms with Crippen LogP contribution in [0.5, 0.6) is 0 Å². The zero-order valence-corrected chi connectivity index (χ0v) is 18.2. The van der Waals surface area contributed by atoms with Crippen molar-refractivity contribution < 1.29 is 23.5 Å². The Labute approximate surface area is 189 Å². The van der Waals surface area contributed by atoms with Crippen LogP contribution in [0.15, 0.2) is 65.1 Å². The van der Waals surface area contributed by atoms with Gasteiger partial charge in [0.1, 0.15) is 17.3 Å². The van der Waals surface area contributed by atoms with E-state index >= 15 is 0 Å². The average Bonchev–Trinajstić information content (AvgIpc) is 2.81. The largest absolute Gasteiger partial charge is 0.466 e. The van der Waals surface area contributed by atoms with Crippen LogP contribution in [0.2, 0.25) is 5.02 Å². The van der Waals surface area contributed by atoms with Crippen molar-refractivity contribution in [2.45, 2.75) is 12.8 Å². The number of nitrogens with two attached hydrogens (primary N) is 1. The second-order valence-corrected chi connectivity index (χ2v) is 7.22. The summed E-state index contributed by atoms with van der Waals surface area (Å²) in [5.41, 5.74) is 6.66. The van der Waals surface area contributed by atoms with Crippen LogP contribution < -0.4 is 10.6 Å². The molecule has 0 saturated carbocycles. The molecule has 32 heavy (non-hydrogen) atoms. The number of carbonyl (C=O) groups is 2. The van der Waals surface area contributed by atoms with E-state index in [9.17, 15) is 19.2 Å². The first kappa shape index (κ1) is 22.8. The highest BCUT2D eigenvalue weighted by molar-refractivity contribution is 6.34. The van der Waals surface area contributed by atoms with Crippen molar-refractivity contribution in [3.05, 3.63) is 87.1 Å². The summed E-state index contributed by atoms with van der Waals surface area (Å²) < 4.78 is 23.9. The molecule has 0 radical (unpaired) electrons. The van der Waals surface area contributed by atoms with Crippen molar-refractivity contribution in [3.8, 4) is 6.07 Å². The summed E-state index contributed by atoms with van der Waals surface area (Å²) in [6.45, 7) is 1.45. The molecule has 0 saturated heterocycles. The molecule has 1 aliphatic heterocycles. The first-order chi connectivity index (χ1) is 15.3. The Hall–Kier alpha value is -3.83. The number of carbonyl (C=O) groups excluding carboxylic acids is 2. The summed E-state index contributed by atoms with van der Waals surface area (Å²) in [5, 5.41) is 9.93. The monoisotopic (exact) mass is 455 g/mol. The maximum Gasteiger partial charge on any atom is 0.355 e. The molecule has 0 spiro atoms. The third-order valence-electron chi connectivity index (χ3n) is 5.15. The zero-order valence-electron chi connectivity index (χ0n) is 17.5. The molecule has 1 heterocycles. The van der Waals surface area contributed by atoms with Crippen LogP contribution in [0.25, 0.3) is 0 Å². The number of allylic oxidation sites excluding steroid dienone is 1. The van der Waals surface area contributed by atoms with Gasteiger partial charge in [0.05, 0.1) is 48.1 Å². The molecule has 0 aromatic heterocycles. The topological polar surface area (TPSA) is 106 Å². The van der Waals surface area contributed by atoms with E-state index in [1.54, 1.807) is 30.3 Å². The van der Waals surface area contributed by atoms with E-state index in [0.29, 0.717) is 5.56 Å². The Morgan fingerprint density at radius 3 is 2.31 bits per heavy atom. The Morgan fingerprint density at radius 1 is 1.12 bits per heavy atom. The van der Waals surface area contributed by atoms with E-state index in [-0.39, 0.29) is 38.9 Å². The highest BCUT2D eigenvalue weighted by atomic mass is 35.5. The lowest BCUT2D eigenvalue weighted by atomic mass is 9.81. The fourth-order valence-corrected chi connectivity index (χ4v) is 3.82. The molecule has 2 N–H and O–H groups in total. The minimum Gasteiger partial charge on any atom is -0.466 e. The minimum atomic E-state index is -1.00. The molecule has 1 unspecified atom stereocenters. The lowest BCUT2D eigenvalue weighted by Gasteiger charge is -2.36. The molecule has 0 fully saturated rings. The second kappa shape index (κ2) is 9.12. The molecule has 9 heteroatoms. The van der Waals surface area contributed by atoms with Gasteiger partial charge in [-0.1, -0.05) is 41.9 Å². The van der Waals surface area contributed by atoms with Gasteiger partial charge in [0, 0.05) is 5.56 Å². The quantitative estimate of drug-likeness (QED) is 0.701. The third kappa shape index (κ3) is 3.67. The Kier molecular flexibility index (Phi) is 6.51. The van der Waals surface area contributed by atoms with Crippen molar-refractivity contribution in [3.63, 3.8) is 0 Å². The van der Waals surface area contributed by atoms with Gasteiger partial charge in [-0.15, -0.1) is 0 Å². The lowest BCUT2D eigenvalue weighted by molar-refractivity contribution is -0.139. The number of nitrogens with zero attached hydrogens (tertiary/aromatic N) is 2. The van der Waals surface area contributed by atoms with Gasteiger partial charge in [-0.05, 0) is 24.6 Å². The molecule has 0 amide bonds. The van der Waals surface area contributed by atoms with E-state index in [1.165, 1.54) is 13.0 Å². The minimum absolute atomic E-state index is 0.0118. The number of hydrogen-bond donors (Lipinski definition) is 1. The first-order valence-corrected chi connectivity index (χ1v) is 9.76. The molecular formula is C23H19ClFN3O4. The summed E-state index contributed by atoms with van der Waals surface area (Å²) >= 11 is 6.38. The zero-order chi connectivity index (χ0) is 23.6. The van der Waals surface area contributed by atoms with E-state index in [0.717, 1.165) is 25.2 Å². The molecular weight excluding hydrogens is 437 g/mol. The third-order valence-corrected chi connectivity index (χ3v) is 5.63. The molecule has 164 valence electrons. The lowest BCUT2D eigenvalue weighted by Crippen LogP contribution is -2.41. The summed E-state index contributed by atoms with van der Waals surface area (Å²) in [4.78, 5) is 27.0. The van der Waals surface area contributed by atoms with Gasteiger partial charge in [0.2, 0.25) is 0 Å². The predicted molar refractivity (Wildman–Crippen MR) is 116 cm³/mol. The number of benzene rings is 2. The van der Waals surface area contributed by atoms with Crippen LogP contribution in [0.3, 0.4) is 0 Å². The van der Waals surface area contributed by atoms with Crippen molar-refractivity contribution in [2.24, 2.45) is 5.73 Å². The van der Waals surface area contributed by atoms with Gasteiger partial charge >= 0.3 is 11.9 Å². The highest BCUT2D eigenvalue weighted by Crippen LogP contribution is 2.45. The van der Waals surface area contributed by atoms with Gasteiger partial charge in [-0.3, -0.25) is 4.90 Å². The summed E-state index contributed by atoms with van der Waals surface area (Å²) in [7, 11) is 2.29. The number of ether oxygens (including phenoxy) is 2. The smallest absolute Gasteiger partial charge is 0.355 e. The van der Waals surface area contributed by atoms with Crippen LogP contribution in [0.4, 0.5) is 10.1 Å². The average molecular weight is 456 g/mol.